The second kappa shape index (κ2) is 15.2. The number of nitrogens with zero attached hydrogens (tertiary/aromatic N) is 4. The van der Waals surface area contributed by atoms with E-state index in [1.807, 2.05) is 95.7 Å². The van der Waals surface area contributed by atoms with Crippen molar-refractivity contribution in [1.82, 2.24) is 25.1 Å². The van der Waals surface area contributed by atoms with Crippen LogP contribution in [-0.4, -0.2) is 89.2 Å². The fraction of sp³-hybridized carbons (Fsp3) is 0.316. The second-order valence-corrected chi connectivity index (χ2v) is 12.2. The number of hydrogen-bond acceptors (Lipinski definition) is 7. The zero-order valence-corrected chi connectivity index (χ0v) is 27.8. The number of hydrazine groups is 1. The number of rotatable bonds is 12. The lowest BCUT2D eigenvalue weighted by molar-refractivity contribution is -0.157. The molecule has 0 aliphatic carbocycles. The summed E-state index contributed by atoms with van der Waals surface area (Å²) in [4.78, 5) is 56.9. The number of esters is 1. The van der Waals surface area contributed by atoms with Crippen LogP contribution in [0.2, 0.25) is 0 Å². The van der Waals surface area contributed by atoms with Crippen LogP contribution in [0.15, 0.2) is 97.1 Å². The van der Waals surface area contributed by atoms with Gasteiger partial charge < -0.3 is 24.6 Å². The van der Waals surface area contributed by atoms with Gasteiger partial charge in [0.05, 0.1) is 20.2 Å². The fourth-order valence-corrected chi connectivity index (χ4v) is 6.60. The Morgan fingerprint density at radius 1 is 0.898 bits per heavy atom. The number of urea groups is 1. The van der Waals surface area contributed by atoms with Crippen LogP contribution in [0.4, 0.5) is 4.79 Å². The fourth-order valence-electron chi connectivity index (χ4n) is 6.60. The number of methoxy groups -OCH3 is 1. The van der Waals surface area contributed by atoms with Crippen LogP contribution in [-0.2, 0) is 38.6 Å². The summed E-state index contributed by atoms with van der Waals surface area (Å²) in [6.07, 6.45) is 0.413. The molecular weight excluding hydrogens is 622 g/mol. The van der Waals surface area contributed by atoms with Gasteiger partial charge in [-0.3, -0.25) is 14.6 Å². The standard InChI is InChI=1S/C38H41N5O6/c1-3-20-41(38(47)39-22-28-10-5-4-6-11-28)42-25-35(44)43-33(21-27-16-18-31(19-17-27)49-26-36(45)48-2)37(46)40(24-34(42)43)23-30-14-9-13-29-12-7-8-15-32(29)30/h4-19,33-34H,3,20-26H2,1-2H3,(H,39,47)/t33-,34+/m0/s1. The van der Waals surface area contributed by atoms with Crippen molar-refractivity contribution in [3.8, 4) is 5.75 Å². The molecule has 11 nitrogen and oxygen atoms in total. The van der Waals surface area contributed by atoms with E-state index < -0.39 is 18.2 Å². The van der Waals surface area contributed by atoms with Crippen molar-refractivity contribution in [2.24, 2.45) is 0 Å². The van der Waals surface area contributed by atoms with Crippen LogP contribution >= 0.6 is 0 Å². The molecule has 4 amide bonds. The van der Waals surface area contributed by atoms with Gasteiger partial charge in [-0.25, -0.2) is 9.59 Å². The smallest absolute Gasteiger partial charge is 0.343 e. The van der Waals surface area contributed by atoms with Gasteiger partial charge in [-0.1, -0.05) is 91.9 Å². The Morgan fingerprint density at radius 3 is 2.39 bits per heavy atom. The van der Waals surface area contributed by atoms with Crippen LogP contribution in [0, 0.1) is 0 Å². The van der Waals surface area contributed by atoms with Gasteiger partial charge in [0.15, 0.2) is 6.61 Å². The summed E-state index contributed by atoms with van der Waals surface area (Å²) in [6.45, 7) is 3.12. The molecular formula is C38H41N5O6. The molecule has 11 heteroatoms. The van der Waals surface area contributed by atoms with E-state index >= 15 is 0 Å². The normalized spacial score (nSPS) is 17.6. The molecule has 0 aromatic heterocycles. The molecule has 2 fully saturated rings. The summed E-state index contributed by atoms with van der Waals surface area (Å²) in [6, 6.07) is 29.9. The number of benzene rings is 4. The molecule has 2 aliphatic heterocycles. The van der Waals surface area contributed by atoms with Crippen molar-refractivity contribution in [2.45, 2.75) is 45.1 Å². The summed E-state index contributed by atoms with van der Waals surface area (Å²) in [5, 5.41) is 8.62. The quantitative estimate of drug-likeness (QED) is 0.225. The van der Waals surface area contributed by atoms with Crippen LogP contribution in [0.25, 0.3) is 10.8 Å². The molecule has 2 heterocycles. The highest BCUT2D eigenvalue weighted by molar-refractivity contribution is 5.92. The lowest BCUT2D eigenvalue weighted by Crippen LogP contribution is -2.66. The molecule has 6 rings (SSSR count). The number of hydrogen-bond donors (Lipinski definition) is 1. The minimum absolute atomic E-state index is 0.0182. The minimum atomic E-state index is -0.788. The van der Waals surface area contributed by atoms with Gasteiger partial charge in [0.2, 0.25) is 11.8 Å². The number of ether oxygens (including phenoxy) is 2. The summed E-state index contributed by atoms with van der Waals surface area (Å²) >= 11 is 0. The van der Waals surface area contributed by atoms with Gasteiger partial charge in [0.1, 0.15) is 18.0 Å². The number of fused-ring (bicyclic) bond motifs is 2. The SMILES string of the molecule is CCCN(C(=O)NCc1ccccc1)N1CC(=O)N2[C@@H](Cc3ccc(OCC(=O)OC)cc3)C(=O)N(Cc3cccc4ccccc34)C[C@@H]21. The van der Waals surface area contributed by atoms with Crippen LogP contribution in [0.1, 0.15) is 30.0 Å². The Labute approximate surface area is 285 Å². The number of piperazine rings is 1. The van der Waals surface area contributed by atoms with E-state index in [-0.39, 0.29) is 44.0 Å². The van der Waals surface area contributed by atoms with Crippen molar-refractivity contribution in [1.29, 1.82) is 0 Å². The van der Waals surface area contributed by atoms with E-state index in [2.05, 4.69) is 16.1 Å². The molecule has 254 valence electrons. The maximum absolute atomic E-state index is 14.4. The largest absolute Gasteiger partial charge is 0.482 e. The highest BCUT2D eigenvalue weighted by Crippen LogP contribution is 2.31. The number of nitrogens with one attached hydrogen (secondary N) is 1. The van der Waals surface area contributed by atoms with Crippen LogP contribution < -0.4 is 10.1 Å². The van der Waals surface area contributed by atoms with E-state index in [1.165, 1.54) is 7.11 Å². The number of amides is 4. The van der Waals surface area contributed by atoms with E-state index in [0.717, 1.165) is 27.5 Å². The second-order valence-electron chi connectivity index (χ2n) is 12.2. The number of carbonyl (C=O) groups is 4. The van der Waals surface area contributed by atoms with Gasteiger partial charge in [0.25, 0.3) is 0 Å². The van der Waals surface area contributed by atoms with Crippen LogP contribution in [0.5, 0.6) is 5.75 Å². The van der Waals surface area contributed by atoms with E-state index in [4.69, 9.17) is 4.74 Å². The first-order chi connectivity index (χ1) is 23.9. The lowest BCUT2D eigenvalue weighted by atomic mass is 9.99. The topological polar surface area (TPSA) is 112 Å². The molecule has 0 bridgehead atoms. The Hall–Kier alpha value is -5.42. The highest BCUT2D eigenvalue weighted by Gasteiger charge is 2.52. The van der Waals surface area contributed by atoms with Gasteiger partial charge >= 0.3 is 12.0 Å². The predicted octanol–water partition coefficient (Wildman–Crippen LogP) is 4.35. The van der Waals surface area contributed by atoms with Crippen molar-refractivity contribution in [2.75, 3.05) is 33.4 Å². The molecule has 0 spiro atoms. The summed E-state index contributed by atoms with van der Waals surface area (Å²) in [7, 11) is 1.30. The Kier molecular flexibility index (Phi) is 10.4. The zero-order valence-electron chi connectivity index (χ0n) is 27.8. The summed E-state index contributed by atoms with van der Waals surface area (Å²) in [5.41, 5.74) is 2.80. The average molecular weight is 664 g/mol. The first kappa shape index (κ1) is 33.5. The predicted molar refractivity (Wildman–Crippen MR) is 184 cm³/mol. The lowest BCUT2D eigenvalue weighted by Gasteiger charge is -2.46. The Bertz CT molecular complexity index is 1790. The highest BCUT2D eigenvalue weighted by atomic mass is 16.6. The molecule has 49 heavy (non-hydrogen) atoms. The summed E-state index contributed by atoms with van der Waals surface area (Å²) in [5.74, 6) is -0.360. The molecule has 2 saturated heterocycles. The molecule has 0 saturated carbocycles. The third-order valence-electron chi connectivity index (χ3n) is 9.01. The molecule has 4 aromatic carbocycles. The van der Waals surface area contributed by atoms with Crippen molar-refractivity contribution < 1.29 is 28.7 Å². The third-order valence-corrected chi connectivity index (χ3v) is 9.01. The van der Waals surface area contributed by atoms with Crippen molar-refractivity contribution in [3.05, 3.63) is 114 Å². The monoisotopic (exact) mass is 663 g/mol. The first-order valence-electron chi connectivity index (χ1n) is 16.6. The maximum Gasteiger partial charge on any atom is 0.343 e. The van der Waals surface area contributed by atoms with Gasteiger partial charge in [0, 0.05) is 26.1 Å². The molecule has 0 unspecified atom stereocenters. The summed E-state index contributed by atoms with van der Waals surface area (Å²) < 4.78 is 10.1. The molecule has 0 radical (unpaired) electrons. The van der Waals surface area contributed by atoms with E-state index in [9.17, 15) is 19.2 Å². The molecule has 2 atom stereocenters. The van der Waals surface area contributed by atoms with E-state index in [1.54, 1.807) is 22.0 Å². The average Bonchev–Trinajstić information content (AvgIpc) is 3.46. The van der Waals surface area contributed by atoms with Gasteiger partial charge in [-0.2, -0.15) is 5.01 Å². The minimum Gasteiger partial charge on any atom is -0.482 e. The van der Waals surface area contributed by atoms with Crippen molar-refractivity contribution in [3.63, 3.8) is 0 Å². The Morgan fingerprint density at radius 2 is 1.63 bits per heavy atom. The maximum atomic E-state index is 14.4. The first-order valence-corrected chi connectivity index (χ1v) is 16.6. The number of carbonyl (C=O) groups excluding carboxylic acids is 4. The van der Waals surface area contributed by atoms with Crippen molar-refractivity contribution >= 4 is 34.6 Å². The van der Waals surface area contributed by atoms with Gasteiger partial charge in [-0.05, 0) is 46.0 Å². The van der Waals surface area contributed by atoms with Crippen LogP contribution in [0.3, 0.4) is 0 Å². The zero-order chi connectivity index (χ0) is 34.3. The Balaban J connectivity index is 1.29. The van der Waals surface area contributed by atoms with Gasteiger partial charge in [-0.15, -0.1) is 0 Å². The molecule has 2 aliphatic rings. The third kappa shape index (κ3) is 7.52. The van der Waals surface area contributed by atoms with E-state index in [0.29, 0.717) is 31.8 Å². The molecule has 4 aromatic rings. The molecule has 1 N–H and O–H groups in total.